The monoisotopic (exact) mass is 626 g/mol. The molecule has 1 N–H and O–H groups in total. The van der Waals surface area contributed by atoms with Crippen LogP contribution in [0.25, 0.3) is 0 Å². The number of nitrogens with one attached hydrogen (secondary N) is 1. The lowest BCUT2D eigenvalue weighted by Gasteiger charge is -2.27. The van der Waals surface area contributed by atoms with Gasteiger partial charge < -0.3 is 19.7 Å². The summed E-state index contributed by atoms with van der Waals surface area (Å²) in [6.07, 6.45) is -4.79. The van der Waals surface area contributed by atoms with Crippen molar-refractivity contribution in [2.45, 2.75) is 50.0 Å². The Labute approximate surface area is 246 Å². The molecule has 43 heavy (non-hydrogen) atoms. The molecule has 0 bridgehead atoms. The summed E-state index contributed by atoms with van der Waals surface area (Å²) in [5, 5.41) is 2.57. The average molecular weight is 627 g/mol. The second-order valence-electron chi connectivity index (χ2n) is 9.98. The Balaban J connectivity index is 1.46. The highest BCUT2D eigenvalue weighted by Crippen LogP contribution is 2.34. The number of carbonyl (C=O) groups excluding carboxylic acids is 1. The van der Waals surface area contributed by atoms with E-state index in [4.69, 9.17) is 9.47 Å². The van der Waals surface area contributed by atoms with Gasteiger partial charge in [-0.05, 0) is 61.0 Å². The van der Waals surface area contributed by atoms with Gasteiger partial charge in [-0.25, -0.2) is 17.2 Å². The summed E-state index contributed by atoms with van der Waals surface area (Å²) in [7, 11) is -3.37. The minimum Gasteiger partial charge on any atom is -0.489 e. The zero-order valence-electron chi connectivity index (χ0n) is 23.5. The fourth-order valence-electron chi connectivity index (χ4n) is 4.80. The highest BCUT2D eigenvalue weighted by Gasteiger charge is 2.37. The van der Waals surface area contributed by atoms with Crippen LogP contribution in [0.4, 0.5) is 27.6 Å². The molecule has 0 spiro atoms. The molecule has 3 aromatic rings. The molecule has 1 fully saturated rings. The molecule has 4 rings (SSSR count). The maximum Gasteiger partial charge on any atom is 0.416 e. The Morgan fingerprint density at radius 1 is 1.00 bits per heavy atom. The molecule has 232 valence electrons. The third-order valence-electron chi connectivity index (χ3n) is 7.06. The van der Waals surface area contributed by atoms with Crippen LogP contribution in [-0.2, 0) is 27.3 Å². The maximum absolute atomic E-state index is 15.4. The van der Waals surface area contributed by atoms with Crippen molar-refractivity contribution >= 4 is 21.4 Å². The number of sulfone groups is 1. The van der Waals surface area contributed by atoms with Crippen LogP contribution in [0.2, 0.25) is 0 Å². The lowest BCUT2D eigenvalue weighted by molar-refractivity contribution is -0.137. The number of halogens is 5. The zero-order valence-corrected chi connectivity index (χ0v) is 24.3. The summed E-state index contributed by atoms with van der Waals surface area (Å²) in [4.78, 5) is 14.3. The molecule has 1 aliphatic rings. The Kier molecular flexibility index (Phi) is 9.96. The van der Waals surface area contributed by atoms with Gasteiger partial charge in [-0.15, -0.1) is 0 Å². The van der Waals surface area contributed by atoms with Crippen molar-refractivity contribution < 1.29 is 44.6 Å². The van der Waals surface area contributed by atoms with E-state index in [1.54, 1.807) is 19.1 Å². The third-order valence-corrected chi connectivity index (χ3v) is 8.81. The second kappa shape index (κ2) is 13.3. The number of hydrogen-bond donors (Lipinski definition) is 1. The van der Waals surface area contributed by atoms with E-state index in [9.17, 15) is 26.4 Å². The SMILES string of the molecule is CCOC[C@@H]1C[C@@H](Oc2ccc(C(F)(F)F)cc2)CN1c1c(F)cc(C(=O)NCc2ccc(S(=O)(=O)CC)cc2)cc1F. The first kappa shape index (κ1) is 32.2. The molecule has 2 atom stereocenters. The molecule has 0 saturated carbocycles. The molecule has 0 aromatic heterocycles. The van der Waals surface area contributed by atoms with Crippen molar-refractivity contribution in [2.24, 2.45) is 0 Å². The number of carbonyl (C=O) groups is 1. The van der Waals surface area contributed by atoms with Gasteiger partial charge >= 0.3 is 6.18 Å². The lowest BCUT2D eigenvalue weighted by atomic mass is 10.1. The van der Waals surface area contributed by atoms with Gasteiger partial charge in [0, 0.05) is 25.1 Å². The number of alkyl halides is 3. The summed E-state index contributed by atoms with van der Waals surface area (Å²) in [6.45, 7) is 3.82. The molecule has 1 amide bonds. The first-order chi connectivity index (χ1) is 20.3. The van der Waals surface area contributed by atoms with Crippen LogP contribution in [0.15, 0.2) is 65.6 Å². The van der Waals surface area contributed by atoms with Gasteiger partial charge in [0.15, 0.2) is 9.84 Å². The maximum atomic E-state index is 15.4. The molecule has 0 unspecified atom stereocenters. The third kappa shape index (κ3) is 7.82. The van der Waals surface area contributed by atoms with Crippen LogP contribution in [-0.4, -0.2) is 52.0 Å². The van der Waals surface area contributed by atoms with E-state index in [0.717, 1.165) is 24.3 Å². The van der Waals surface area contributed by atoms with Gasteiger partial charge in [0.2, 0.25) is 0 Å². The van der Waals surface area contributed by atoms with Gasteiger partial charge in [0.05, 0.1) is 35.4 Å². The fraction of sp³-hybridized carbons (Fsp3) is 0.367. The summed E-state index contributed by atoms with van der Waals surface area (Å²) < 4.78 is 105. The molecule has 13 heteroatoms. The minimum absolute atomic E-state index is 0.00179. The number of rotatable bonds is 11. The second-order valence-corrected chi connectivity index (χ2v) is 12.3. The standard InChI is InChI=1S/C30H31F5N2O5S/c1-3-41-18-22-15-24(42-23-9-7-21(8-10-23)30(33,34)35)17-37(22)28-26(31)13-20(14-27(28)32)29(38)36-16-19-5-11-25(12-6-19)43(39,40)4-2/h5-14,22,24H,3-4,15-18H2,1-2H3,(H,36,38)/t22-,24+/m0/s1. The number of benzene rings is 3. The number of amides is 1. The van der Waals surface area contributed by atoms with Crippen molar-refractivity contribution in [1.29, 1.82) is 0 Å². The minimum atomic E-state index is -4.49. The van der Waals surface area contributed by atoms with Gasteiger partial charge in [0.1, 0.15) is 29.2 Å². The quantitative estimate of drug-likeness (QED) is 0.272. The smallest absolute Gasteiger partial charge is 0.416 e. The first-order valence-corrected chi connectivity index (χ1v) is 15.2. The topological polar surface area (TPSA) is 84.9 Å². The molecule has 1 saturated heterocycles. The van der Waals surface area contributed by atoms with Crippen molar-refractivity contribution in [3.63, 3.8) is 0 Å². The van der Waals surface area contributed by atoms with Gasteiger partial charge in [0.25, 0.3) is 5.91 Å². The molecular weight excluding hydrogens is 595 g/mol. The van der Waals surface area contributed by atoms with Crippen molar-refractivity contribution in [2.75, 3.05) is 30.4 Å². The highest BCUT2D eigenvalue weighted by atomic mass is 32.2. The van der Waals surface area contributed by atoms with E-state index in [1.165, 1.54) is 36.1 Å². The molecule has 1 heterocycles. The van der Waals surface area contributed by atoms with E-state index < -0.39 is 51.3 Å². The van der Waals surface area contributed by atoms with E-state index in [0.29, 0.717) is 18.6 Å². The van der Waals surface area contributed by atoms with Crippen LogP contribution in [0.1, 0.15) is 41.8 Å². The highest BCUT2D eigenvalue weighted by molar-refractivity contribution is 7.91. The Morgan fingerprint density at radius 3 is 2.19 bits per heavy atom. The zero-order chi connectivity index (χ0) is 31.4. The largest absolute Gasteiger partial charge is 0.489 e. The van der Waals surface area contributed by atoms with Gasteiger partial charge in [-0.3, -0.25) is 4.79 Å². The van der Waals surface area contributed by atoms with Crippen molar-refractivity contribution in [3.8, 4) is 5.75 Å². The molecule has 0 radical (unpaired) electrons. The van der Waals surface area contributed by atoms with Crippen molar-refractivity contribution in [1.82, 2.24) is 5.32 Å². The predicted octanol–water partition coefficient (Wildman–Crippen LogP) is 5.77. The first-order valence-electron chi connectivity index (χ1n) is 13.6. The molecule has 3 aromatic carbocycles. The number of hydrogen-bond acceptors (Lipinski definition) is 6. The Bertz CT molecular complexity index is 1510. The normalized spacial score (nSPS) is 17.2. The molecule has 1 aliphatic heterocycles. The number of anilines is 1. The van der Waals surface area contributed by atoms with E-state index >= 15 is 8.78 Å². The predicted molar refractivity (Wildman–Crippen MR) is 150 cm³/mol. The summed E-state index contributed by atoms with van der Waals surface area (Å²) >= 11 is 0. The average Bonchev–Trinajstić information content (AvgIpc) is 3.35. The lowest BCUT2D eigenvalue weighted by Crippen LogP contribution is -2.35. The van der Waals surface area contributed by atoms with E-state index in [-0.39, 0.29) is 47.3 Å². The number of nitrogens with zero attached hydrogens (tertiary/aromatic N) is 1. The molecular formula is C30H31F5N2O5S. The summed E-state index contributed by atoms with van der Waals surface area (Å²) in [6, 6.07) is 11.5. The number of ether oxygens (including phenoxy) is 2. The van der Waals surface area contributed by atoms with Crippen molar-refractivity contribution in [3.05, 3.63) is 89.0 Å². The summed E-state index contributed by atoms with van der Waals surface area (Å²) in [5.74, 6) is -2.55. The molecule has 0 aliphatic carbocycles. The van der Waals surface area contributed by atoms with E-state index in [1.807, 2.05) is 0 Å². The van der Waals surface area contributed by atoms with Crippen LogP contribution in [0.3, 0.4) is 0 Å². The Hall–Kier alpha value is -3.71. The Morgan fingerprint density at radius 2 is 1.63 bits per heavy atom. The van der Waals surface area contributed by atoms with Gasteiger partial charge in [-0.1, -0.05) is 19.1 Å². The molecule has 7 nitrogen and oxygen atoms in total. The van der Waals surface area contributed by atoms with Gasteiger partial charge in [-0.2, -0.15) is 13.2 Å². The van der Waals surface area contributed by atoms with Crippen LogP contribution in [0, 0.1) is 11.6 Å². The van der Waals surface area contributed by atoms with Crippen LogP contribution >= 0.6 is 0 Å². The van der Waals surface area contributed by atoms with E-state index in [2.05, 4.69) is 5.32 Å². The fourth-order valence-corrected chi connectivity index (χ4v) is 5.68. The summed E-state index contributed by atoms with van der Waals surface area (Å²) in [5.41, 5.74) is -0.846. The van der Waals surface area contributed by atoms with Crippen LogP contribution < -0.4 is 15.0 Å². The van der Waals surface area contributed by atoms with Crippen LogP contribution in [0.5, 0.6) is 5.75 Å².